The van der Waals surface area contributed by atoms with Crippen molar-refractivity contribution in [3.05, 3.63) is 33.8 Å². The summed E-state index contributed by atoms with van der Waals surface area (Å²) in [4.78, 5) is 13.6. The third-order valence-corrected chi connectivity index (χ3v) is 3.55. The number of carbonyl (C=O) groups is 1. The first-order chi connectivity index (χ1) is 9.31. The molecule has 0 spiro atoms. The van der Waals surface area contributed by atoms with Crippen molar-refractivity contribution < 1.29 is 18.0 Å². The average molecular weight is 393 g/mol. The highest BCUT2D eigenvalue weighted by Gasteiger charge is 2.32. The number of halogens is 6. The first-order valence-electron chi connectivity index (χ1n) is 5.59. The summed E-state index contributed by atoms with van der Waals surface area (Å²) in [7, 11) is 0. The molecule has 0 saturated carbocycles. The van der Waals surface area contributed by atoms with Crippen LogP contribution < -0.4 is 0 Å². The third kappa shape index (κ3) is 4.53. The van der Waals surface area contributed by atoms with E-state index < -0.39 is 17.6 Å². The lowest BCUT2D eigenvalue weighted by Crippen LogP contribution is -2.34. The zero-order valence-corrected chi connectivity index (χ0v) is 13.3. The highest BCUT2D eigenvalue weighted by Crippen LogP contribution is 2.32. The van der Waals surface area contributed by atoms with Crippen LogP contribution in [0.25, 0.3) is 0 Å². The summed E-state index contributed by atoms with van der Waals surface area (Å²) in [6, 6.07) is 2.94. The molecule has 0 saturated heterocycles. The van der Waals surface area contributed by atoms with E-state index in [1.54, 1.807) is 0 Å². The van der Waals surface area contributed by atoms with Gasteiger partial charge in [-0.05, 0) is 34.1 Å². The largest absolute Gasteiger partial charge is 0.416 e. The van der Waals surface area contributed by atoms with E-state index in [0.29, 0.717) is 4.47 Å². The van der Waals surface area contributed by atoms with Gasteiger partial charge in [-0.25, -0.2) is 0 Å². The van der Waals surface area contributed by atoms with E-state index in [4.69, 9.17) is 23.2 Å². The van der Waals surface area contributed by atoms with Gasteiger partial charge in [0.1, 0.15) is 0 Å². The van der Waals surface area contributed by atoms with Crippen molar-refractivity contribution in [2.75, 3.05) is 24.8 Å². The summed E-state index contributed by atoms with van der Waals surface area (Å²) in [6.45, 7) is 0.436. The second-order valence-electron chi connectivity index (χ2n) is 3.86. The molecule has 1 rings (SSSR count). The Morgan fingerprint density at radius 3 is 2.20 bits per heavy atom. The van der Waals surface area contributed by atoms with Crippen LogP contribution in [0.4, 0.5) is 13.2 Å². The molecule has 1 aromatic carbocycles. The Bertz CT molecular complexity index is 476. The Hall–Kier alpha value is -0.460. The fourth-order valence-electron chi connectivity index (χ4n) is 1.55. The van der Waals surface area contributed by atoms with Gasteiger partial charge in [0.2, 0.25) is 0 Å². The molecule has 1 aromatic rings. The summed E-state index contributed by atoms with van der Waals surface area (Å²) in [6.07, 6.45) is -4.50. The molecule has 8 heteroatoms. The zero-order valence-electron chi connectivity index (χ0n) is 10.2. The van der Waals surface area contributed by atoms with Crippen LogP contribution in [-0.2, 0) is 6.18 Å². The number of hydrogen-bond acceptors (Lipinski definition) is 1. The van der Waals surface area contributed by atoms with Crippen LogP contribution in [-0.4, -0.2) is 35.7 Å². The Kier molecular flexibility index (Phi) is 6.61. The van der Waals surface area contributed by atoms with Gasteiger partial charge >= 0.3 is 6.18 Å². The topological polar surface area (TPSA) is 20.3 Å². The van der Waals surface area contributed by atoms with Gasteiger partial charge in [0.25, 0.3) is 5.91 Å². The molecule has 0 fully saturated rings. The second-order valence-corrected chi connectivity index (χ2v) is 5.47. The Labute approximate surface area is 133 Å². The molecule has 0 N–H and O–H groups in total. The highest BCUT2D eigenvalue weighted by atomic mass is 79.9. The van der Waals surface area contributed by atoms with Crippen molar-refractivity contribution >= 4 is 45.0 Å². The van der Waals surface area contributed by atoms with Crippen LogP contribution in [0.15, 0.2) is 22.7 Å². The van der Waals surface area contributed by atoms with Gasteiger partial charge in [-0.2, -0.15) is 13.2 Å². The molecule has 0 bridgehead atoms. The molecule has 0 aliphatic rings. The molecule has 0 atom stereocenters. The quantitative estimate of drug-likeness (QED) is 0.680. The first-order valence-corrected chi connectivity index (χ1v) is 7.45. The van der Waals surface area contributed by atoms with Crippen LogP contribution in [0.5, 0.6) is 0 Å². The number of amides is 1. The summed E-state index contributed by atoms with van der Waals surface area (Å²) in [5.74, 6) is -0.178. The van der Waals surface area contributed by atoms with Gasteiger partial charge in [0.05, 0.1) is 11.1 Å². The third-order valence-electron chi connectivity index (χ3n) is 2.52. The molecule has 0 heterocycles. The lowest BCUT2D eigenvalue weighted by atomic mass is 10.1. The van der Waals surface area contributed by atoms with E-state index in [9.17, 15) is 18.0 Å². The zero-order chi connectivity index (χ0) is 15.3. The summed E-state index contributed by atoms with van der Waals surface area (Å²) < 4.78 is 38.3. The van der Waals surface area contributed by atoms with Crippen LogP contribution in [0.2, 0.25) is 0 Å². The van der Waals surface area contributed by atoms with E-state index >= 15 is 0 Å². The van der Waals surface area contributed by atoms with Gasteiger partial charge in [-0.1, -0.05) is 0 Å². The van der Waals surface area contributed by atoms with Gasteiger partial charge < -0.3 is 4.90 Å². The summed E-state index contributed by atoms with van der Waals surface area (Å²) in [5.41, 5.74) is -0.934. The monoisotopic (exact) mass is 391 g/mol. The van der Waals surface area contributed by atoms with Crippen LogP contribution in [0.3, 0.4) is 0 Å². The van der Waals surface area contributed by atoms with Gasteiger partial charge in [-0.15, -0.1) is 23.2 Å². The number of nitrogens with zero attached hydrogens (tertiary/aromatic N) is 1. The maximum atomic E-state index is 12.7. The molecular weight excluding hydrogens is 382 g/mol. The van der Waals surface area contributed by atoms with Gasteiger partial charge in [-0.3, -0.25) is 4.79 Å². The summed E-state index contributed by atoms with van der Waals surface area (Å²) >= 11 is 14.2. The number of alkyl halides is 5. The lowest BCUT2D eigenvalue weighted by molar-refractivity contribution is -0.137. The van der Waals surface area contributed by atoms with E-state index in [-0.39, 0.29) is 30.4 Å². The fourth-order valence-corrected chi connectivity index (χ4v) is 2.38. The number of rotatable bonds is 5. The lowest BCUT2D eigenvalue weighted by Gasteiger charge is -2.21. The molecule has 112 valence electrons. The van der Waals surface area contributed by atoms with Crippen molar-refractivity contribution in [3.8, 4) is 0 Å². The van der Waals surface area contributed by atoms with Crippen molar-refractivity contribution in [1.29, 1.82) is 0 Å². The molecule has 20 heavy (non-hydrogen) atoms. The number of benzene rings is 1. The second kappa shape index (κ2) is 7.52. The molecule has 0 unspecified atom stereocenters. The first kappa shape index (κ1) is 17.6. The standard InChI is InChI=1S/C12H11BrCl2F3NO/c13-10-2-1-8(12(16,17)18)7-9(10)11(20)19(5-3-14)6-4-15/h1-2,7H,3-6H2. The van der Waals surface area contributed by atoms with Gasteiger partial charge in [0.15, 0.2) is 0 Å². The Balaban J connectivity index is 3.13. The number of carbonyl (C=O) groups excluding carboxylic acids is 1. The minimum Gasteiger partial charge on any atom is -0.336 e. The fraction of sp³-hybridized carbons (Fsp3) is 0.417. The number of hydrogen-bond donors (Lipinski definition) is 0. The highest BCUT2D eigenvalue weighted by molar-refractivity contribution is 9.10. The van der Waals surface area contributed by atoms with Crippen LogP contribution in [0, 0.1) is 0 Å². The van der Waals surface area contributed by atoms with Crippen LogP contribution in [0.1, 0.15) is 15.9 Å². The van der Waals surface area contributed by atoms with E-state index in [2.05, 4.69) is 15.9 Å². The van der Waals surface area contributed by atoms with Gasteiger partial charge in [0, 0.05) is 29.3 Å². The van der Waals surface area contributed by atoms with Crippen molar-refractivity contribution in [2.24, 2.45) is 0 Å². The minimum absolute atomic E-state index is 0.0601. The van der Waals surface area contributed by atoms with Crippen molar-refractivity contribution in [2.45, 2.75) is 6.18 Å². The van der Waals surface area contributed by atoms with E-state index in [1.807, 2.05) is 0 Å². The smallest absolute Gasteiger partial charge is 0.336 e. The normalized spacial score (nSPS) is 11.5. The maximum absolute atomic E-state index is 12.7. The SMILES string of the molecule is O=C(c1cc(C(F)(F)F)ccc1Br)N(CCCl)CCCl. The summed E-state index contributed by atoms with van der Waals surface area (Å²) in [5, 5.41) is 0. The minimum atomic E-state index is -4.50. The molecule has 0 aliphatic heterocycles. The Morgan fingerprint density at radius 1 is 1.20 bits per heavy atom. The van der Waals surface area contributed by atoms with E-state index in [1.165, 1.54) is 11.0 Å². The molecule has 0 aromatic heterocycles. The maximum Gasteiger partial charge on any atom is 0.416 e. The van der Waals surface area contributed by atoms with Crippen LogP contribution >= 0.6 is 39.1 Å². The predicted octanol–water partition coefficient (Wildman–Crippen LogP) is 4.39. The molecular formula is C12H11BrCl2F3NO. The van der Waals surface area contributed by atoms with Crippen molar-refractivity contribution in [1.82, 2.24) is 4.90 Å². The van der Waals surface area contributed by atoms with Crippen molar-refractivity contribution in [3.63, 3.8) is 0 Å². The van der Waals surface area contributed by atoms with E-state index in [0.717, 1.165) is 12.1 Å². The molecule has 1 amide bonds. The molecule has 0 aliphatic carbocycles. The Morgan fingerprint density at radius 2 is 1.75 bits per heavy atom. The average Bonchev–Trinajstić information content (AvgIpc) is 2.37. The predicted molar refractivity (Wildman–Crippen MR) is 76.5 cm³/mol. The molecule has 0 radical (unpaired) electrons. The molecule has 2 nitrogen and oxygen atoms in total.